The van der Waals surface area contributed by atoms with E-state index in [1.54, 1.807) is 0 Å². The van der Waals surface area contributed by atoms with Gasteiger partial charge in [0.15, 0.2) is 9.84 Å². The number of aromatic amines is 1. The molecule has 1 amide bonds. The van der Waals surface area contributed by atoms with Crippen LogP contribution in [0.5, 0.6) is 0 Å². The summed E-state index contributed by atoms with van der Waals surface area (Å²) in [5, 5.41) is 8.27. The Morgan fingerprint density at radius 3 is 2.30 bits per heavy atom. The van der Waals surface area contributed by atoms with E-state index >= 15 is 0 Å². The van der Waals surface area contributed by atoms with Crippen molar-refractivity contribution in [1.82, 2.24) is 10.2 Å². The minimum atomic E-state index is -3.27. The van der Waals surface area contributed by atoms with Crippen molar-refractivity contribution in [3.63, 3.8) is 0 Å². The molecular formula is C12H11N3O4S. The van der Waals surface area contributed by atoms with Crippen LogP contribution < -0.4 is 10.9 Å². The Morgan fingerprint density at radius 1 is 1.15 bits per heavy atom. The molecule has 0 fully saturated rings. The van der Waals surface area contributed by atoms with Crippen LogP contribution in [0, 0.1) is 0 Å². The van der Waals surface area contributed by atoms with Crippen LogP contribution in [0.3, 0.4) is 0 Å². The number of carbonyl (C=O) groups is 1. The van der Waals surface area contributed by atoms with Gasteiger partial charge in [0, 0.05) is 18.0 Å². The van der Waals surface area contributed by atoms with Crippen molar-refractivity contribution in [2.45, 2.75) is 4.90 Å². The predicted molar refractivity (Wildman–Crippen MR) is 72.4 cm³/mol. The lowest BCUT2D eigenvalue weighted by Gasteiger charge is -2.05. The van der Waals surface area contributed by atoms with Crippen molar-refractivity contribution < 1.29 is 13.2 Å². The molecule has 0 spiro atoms. The Balaban J connectivity index is 2.16. The molecule has 1 heterocycles. The highest BCUT2D eigenvalue weighted by Gasteiger charge is 2.09. The second kappa shape index (κ2) is 5.25. The third kappa shape index (κ3) is 3.29. The molecule has 0 bridgehead atoms. The van der Waals surface area contributed by atoms with E-state index in [0.717, 1.165) is 6.26 Å². The molecule has 2 rings (SSSR count). The summed E-state index contributed by atoms with van der Waals surface area (Å²) >= 11 is 0. The zero-order valence-corrected chi connectivity index (χ0v) is 11.3. The highest BCUT2D eigenvalue weighted by atomic mass is 32.2. The van der Waals surface area contributed by atoms with Gasteiger partial charge >= 0.3 is 0 Å². The van der Waals surface area contributed by atoms with E-state index in [2.05, 4.69) is 15.5 Å². The fourth-order valence-electron chi connectivity index (χ4n) is 1.45. The molecule has 0 saturated carbocycles. The van der Waals surface area contributed by atoms with E-state index in [1.807, 2.05) is 0 Å². The Labute approximate surface area is 114 Å². The van der Waals surface area contributed by atoms with Crippen LogP contribution in [0.25, 0.3) is 0 Å². The number of nitrogens with one attached hydrogen (secondary N) is 2. The second-order valence-corrected chi connectivity index (χ2v) is 6.07. The first kappa shape index (κ1) is 13.9. The van der Waals surface area contributed by atoms with Gasteiger partial charge in [0.1, 0.15) is 5.69 Å². The van der Waals surface area contributed by atoms with Gasteiger partial charge in [0.2, 0.25) is 0 Å². The molecular weight excluding hydrogens is 282 g/mol. The van der Waals surface area contributed by atoms with Crippen LogP contribution in [0.1, 0.15) is 10.5 Å². The summed E-state index contributed by atoms with van der Waals surface area (Å²) in [6.07, 6.45) is 1.10. The molecule has 0 aliphatic carbocycles. The fourth-order valence-corrected chi connectivity index (χ4v) is 2.08. The molecule has 0 unspecified atom stereocenters. The minimum Gasteiger partial charge on any atom is -0.321 e. The van der Waals surface area contributed by atoms with Crippen molar-refractivity contribution in [1.29, 1.82) is 0 Å². The van der Waals surface area contributed by atoms with Crippen molar-refractivity contribution in [3.8, 4) is 0 Å². The molecule has 0 saturated heterocycles. The lowest BCUT2D eigenvalue weighted by atomic mass is 10.3. The van der Waals surface area contributed by atoms with E-state index in [4.69, 9.17) is 0 Å². The number of rotatable bonds is 3. The number of carbonyl (C=O) groups excluding carboxylic acids is 1. The molecule has 1 aromatic heterocycles. The first-order valence-electron chi connectivity index (χ1n) is 5.53. The number of H-pyrrole nitrogens is 1. The lowest BCUT2D eigenvalue weighted by Crippen LogP contribution is -2.17. The van der Waals surface area contributed by atoms with Gasteiger partial charge < -0.3 is 5.32 Å². The SMILES string of the molecule is CS(=O)(=O)c1ccc(NC(=O)c2ccc(=O)[nH]n2)cc1. The van der Waals surface area contributed by atoms with Crippen molar-refractivity contribution in [3.05, 3.63) is 52.4 Å². The van der Waals surface area contributed by atoms with Crippen molar-refractivity contribution in [2.75, 3.05) is 11.6 Å². The average molecular weight is 293 g/mol. The molecule has 0 atom stereocenters. The second-order valence-electron chi connectivity index (χ2n) is 4.06. The standard InChI is InChI=1S/C12H11N3O4S/c1-20(18,19)9-4-2-8(3-5-9)13-12(17)10-6-7-11(16)15-14-10/h2-7H,1H3,(H,13,17)(H,15,16). The molecule has 7 nitrogen and oxygen atoms in total. The molecule has 2 N–H and O–H groups in total. The van der Waals surface area contributed by atoms with E-state index in [-0.39, 0.29) is 10.6 Å². The summed E-state index contributed by atoms with van der Waals surface area (Å²) in [6, 6.07) is 8.21. The van der Waals surface area contributed by atoms with E-state index in [0.29, 0.717) is 5.69 Å². The predicted octanol–water partition coefficient (Wildman–Crippen LogP) is 0.426. The molecule has 2 aromatic rings. The van der Waals surface area contributed by atoms with Crippen LogP contribution in [0.4, 0.5) is 5.69 Å². The van der Waals surface area contributed by atoms with Gasteiger partial charge in [-0.1, -0.05) is 0 Å². The topological polar surface area (TPSA) is 109 Å². The maximum atomic E-state index is 11.8. The first-order valence-corrected chi connectivity index (χ1v) is 7.42. The molecule has 20 heavy (non-hydrogen) atoms. The average Bonchev–Trinajstić information content (AvgIpc) is 2.39. The normalized spacial score (nSPS) is 11.1. The number of benzene rings is 1. The number of hydrogen-bond acceptors (Lipinski definition) is 5. The van der Waals surface area contributed by atoms with Crippen LogP contribution in [-0.4, -0.2) is 30.8 Å². The van der Waals surface area contributed by atoms with Crippen LogP contribution in [0.2, 0.25) is 0 Å². The van der Waals surface area contributed by atoms with Crippen LogP contribution in [-0.2, 0) is 9.84 Å². The summed E-state index contributed by atoms with van der Waals surface area (Å²) in [7, 11) is -3.27. The Morgan fingerprint density at radius 2 is 1.80 bits per heavy atom. The number of sulfone groups is 1. The van der Waals surface area contributed by atoms with Crippen LogP contribution in [0.15, 0.2) is 46.1 Å². The van der Waals surface area contributed by atoms with Crippen LogP contribution >= 0.6 is 0 Å². The third-order valence-electron chi connectivity index (χ3n) is 2.45. The van der Waals surface area contributed by atoms with Gasteiger partial charge in [0.05, 0.1) is 4.90 Å². The maximum Gasteiger partial charge on any atom is 0.276 e. The molecule has 0 aliphatic heterocycles. The van der Waals surface area contributed by atoms with Gasteiger partial charge in [-0.3, -0.25) is 9.59 Å². The summed E-state index contributed by atoms with van der Waals surface area (Å²) < 4.78 is 22.6. The molecule has 0 radical (unpaired) electrons. The number of amides is 1. The number of aromatic nitrogens is 2. The minimum absolute atomic E-state index is 0.0526. The van der Waals surface area contributed by atoms with E-state index in [1.165, 1.54) is 36.4 Å². The molecule has 8 heteroatoms. The Hall–Kier alpha value is -2.48. The zero-order chi connectivity index (χ0) is 14.8. The summed E-state index contributed by atoms with van der Waals surface area (Å²) in [5.41, 5.74) is 0.0752. The number of hydrogen-bond donors (Lipinski definition) is 2. The van der Waals surface area contributed by atoms with Gasteiger partial charge in [0.25, 0.3) is 11.5 Å². The smallest absolute Gasteiger partial charge is 0.276 e. The maximum absolute atomic E-state index is 11.8. The summed E-state index contributed by atoms with van der Waals surface area (Å²) in [4.78, 5) is 22.8. The van der Waals surface area contributed by atoms with Gasteiger partial charge in [-0.25, -0.2) is 13.5 Å². The largest absolute Gasteiger partial charge is 0.321 e. The number of nitrogens with zero attached hydrogens (tertiary/aromatic N) is 1. The van der Waals surface area contributed by atoms with Gasteiger partial charge in [-0.2, -0.15) is 5.10 Å². The quantitative estimate of drug-likeness (QED) is 0.852. The Bertz CT molecular complexity index is 774. The monoisotopic (exact) mass is 293 g/mol. The Kier molecular flexibility index (Phi) is 3.66. The van der Waals surface area contributed by atoms with Gasteiger partial charge in [-0.05, 0) is 30.3 Å². The molecule has 104 valence electrons. The molecule has 1 aromatic carbocycles. The van der Waals surface area contributed by atoms with E-state index < -0.39 is 21.3 Å². The highest BCUT2D eigenvalue weighted by molar-refractivity contribution is 7.90. The van der Waals surface area contributed by atoms with Crippen molar-refractivity contribution >= 4 is 21.4 Å². The molecule has 0 aliphatic rings. The zero-order valence-electron chi connectivity index (χ0n) is 10.5. The third-order valence-corrected chi connectivity index (χ3v) is 3.58. The first-order chi connectivity index (χ1) is 9.36. The van der Waals surface area contributed by atoms with E-state index in [9.17, 15) is 18.0 Å². The lowest BCUT2D eigenvalue weighted by molar-refractivity contribution is 0.102. The summed E-state index contributed by atoms with van der Waals surface area (Å²) in [6.45, 7) is 0. The number of anilines is 1. The fraction of sp³-hybridized carbons (Fsp3) is 0.0833. The van der Waals surface area contributed by atoms with Crippen molar-refractivity contribution in [2.24, 2.45) is 0 Å². The van der Waals surface area contributed by atoms with Gasteiger partial charge in [-0.15, -0.1) is 0 Å². The highest BCUT2D eigenvalue weighted by Crippen LogP contribution is 2.14. The summed E-state index contributed by atoms with van der Waals surface area (Å²) in [5.74, 6) is -0.506.